The molecule has 0 radical (unpaired) electrons. The van der Waals surface area contributed by atoms with Gasteiger partial charge in [-0.25, -0.2) is 4.68 Å². The van der Waals surface area contributed by atoms with E-state index in [9.17, 15) is 4.79 Å². The van der Waals surface area contributed by atoms with Crippen molar-refractivity contribution in [1.29, 1.82) is 0 Å². The first-order valence-corrected chi connectivity index (χ1v) is 10.9. The fourth-order valence-corrected chi connectivity index (χ4v) is 3.76. The van der Waals surface area contributed by atoms with Crippen molar-refractivity contribution < 1.29 is 9.32 Å². The topological polar surface area (TPSA) is 85.8 Å². The molecule has 4 aromatic rings. The van der Waals surface area contributed by atoms with Crippen LogP contribution in [0.25, 0.3) is 17.1 Å². The first-order valence-electron chi connectivity index (χ1n) is 10.5. The monoisotopic (exact) mass is 447 g/mol. The largest absolute Gasteiger partial charge is 0.339 e. The Bertz CT molecular complexity index is 1340. The molecule has 2 aromatic carbocycles. The molecule has 0 saturated heterocycles. The van der Waals surface area contributed by atoms with Gasteiger partial charge in [0.15, 0.2) is 0 Å². The highest BCUT2D eigenvalue weighted by Crippen LogP contribution is 2.39. The molecular weight excluding hydrogens is 426 g/mol. The first kappa shape index (κ1) is 20.5. The van der Waals surface area contributed by atoms with E-state index in [0.717, 1.165) is 35.2 Å². The minimum atomic E-state index is -0.236. The SMILES string of the molecule is Cc1ccc(-c2noc(C3CC3)n2)cc1-n1cc(C(=O)Nc2cccc(Cl)c2C)c(C)n1. The van der Waals surface area contributed by atoms with Gasteiger partial charge in [0.2, 0.25) is 11.7 Å². The van der Waals surface area contributed by atoms with E-state index in [2.05, 4.69) is 20.6 Å². The Morgan fingerprint density at radius 2 is 2.00 bits per heavy atom. The van der Waals surface area contributed by atoms with Crippen molar-refractivity contribution in [1.82, 2.24) is 19.9 Å². The van der Waals surface area contributed by atoms with E-state index >= 15 is 0 Å². The van der Waals surface area contributed by atoms with Crippen molar-refractivity contribution in [3.05, 3.63) is 75.9 Å². The third kappa shape index (κ3) is 3.80. The maximum absolute atomic E-state index is 12.9. The Morgan fingerprint density at radius 3 is 2.78 bits per heavy atom. The summed E-state index contributed by atoms with van der Waals surface area (Å²) in [5.74, 6) is 1.43. The first-order chi connectivity index (χ1) is 15.4. The lowest BCUT2D eigenvalue weighted by atomic mass is 10.1. The van der Waals surface area contributed by atoms with Crippen LogP contribution in [-0.2, 0) is 0 Å². The van der Waals surface area contributed by atoms with Gasteiger partial charge >= 0.3 is 0 Å². The summed E-state index contributed by atoms with van der Waals surface area (Å²) in [4.78, 5) is 17.5. The number of benzene rings is 2. The molecule has 2 aromatic heterocycles. The normalized spacial score (nSPS) is 13.4. The summed E-state index contributed by atoms with van der Waals surface area (Å²) >= 11 is 6.18. The Hall–Kier alpha value is -3.45. The second-order valence-electron chi connectivity index (χ2n) is 8.17. The minimum absolute atomic E-state index is 0.236. The smallest absolute Gasteiger partial charge is 0.259 e. The van der Waals surface area contributed by atoms with Gasteiger partial charge in [0.1, 0.15) is 0 Å². The number of amides is 1. The Kier molecular flexibility index (Phi) is 5.06. The number of aromatic nitrogens is 4. The van der Waals surface area contributed by atoms with Crippen molar-refractivity contribution >= 4 is 23.2 Å². The lowest BCUT2D eigenvalue weighted by molar-refractivity contribution is 0.102. The summed E-state index contributed by atoms with van der Waals surface area (Å²) in [6.07, 6.45) is 3.95. The molecule has 32 heavy (non-hydrogen) atoms. The fourth-order valence-electron chi connectivity index (χ4n) is 3.58. The fraction of sp³-hybridized carbons (Fsp3) is 0.250. The second-order valence-corrected chi connectivity index (χ2v) is 8.58. The lowest BCUT2D eigenvalue weighted by Gasteiger charge is -2.09. The predicted molar refractivity (Wildman–Crippen MR) is 122 cm³/mol. The molecule has 1 N–H and O–H groups in total. The zero-order valence-electron chi connectivity index (χ0n) is 18.0. The summed E-state index contributed by atoms with van der Waals surface area (Å²) in [5.41, 5.74) is 5.32. The molecule has 2 heterocycles. The van der Waals surface area contributed by atoms with Crippen LogP contribution in [0, 0.1) is 20.8 Å². The molecule has 1 aliphatic carbocycles. The molecule has 0 spiro atoms. The third-order valence-electron chi connectivity index (χ3n) is 5.74. The van der Waals surface area contributed by atoms with Crippen LogP contribution in [0.1, 0.15) is 51.8 Å². The number of carbonyl (C=O) groups excluding carboxylic acids is 1. The van der Waals surface area contributed by atoms with E-state index in [1.54, 1.807) is 16.9 Å². The van der Waals surface area contributed by atoms with Crippen molar-refractivity contribution in [3.8, 4) is 17.1 Å². The van der Waals surface area contributed by atoms with Crippen molar-refractivity contribution in [3.63, 3.8) is 0 Å². The van der Waals surface area contributed by atoms with E-state index in [4.69, 9.17) is 16.1 Å². The quantitative estimate of drug-likeness (QED) is 0.428. The van der Waals surface area contributed by atoms with E-state index in [1.165, 1.54) is 0 Å². The molecule has 0 atom stereocenters. The Labute approximate surface area is 190 Å². The Morgan fingerprint density at radius 1 is 1.19 bits per heavy atom. The van der Waals surface area contributed by atoms with Crippen LogP contribution in [0.3, 0.4) is 0 Å². The minimum Gasteiger partial charge on any atom is -0.339 e. The third-order valence-corrected chi connectivity index (χ3v) is 6.15. The van der Waals surface area contributed by atoms with Gasteiger partial charge in [0.05, 0.1) is 16.9 Å². The number of rotatable bonds is 5. The molecule has 8 heteroatoms. The number of carbonyl (C=O) groups is 1. The standard InChI is InChI=1S/C24H22ClN5O2/c1-13-7-8-17(22-27-24(32-29-22)16-9-10-16)11-21(13)30-12-18(15(3)28-30)23(31)26-20-6-4-5-19(25)14(20)2/h4-8,11-12,16H,9-10H2,1-3H3,(H,26,31). The van der Waals surface area contributed by atoms with Crippen LogP contribution in [0.4, 0.5) is 5.69 Å². The van der Waals surface area contributed by atoms with Crippen LogP contribution in [0.5, 0.6) is 0 Å². The summed E-state index contributed by atoms with van der Waals surface area (Å²) in [5, 5.41) is 12.3. The van der Waals surface area contributed by atoms with Gasteiger partial charge in [-0.05, 0) is 62.9 Å². The average molecular weight is 448 g/mol. The molecule has 0 aliphatic heterocycles. The number of hydrogen-bond donors (Lipinski definition) is 1. The molecule has 1 aliphatic rings. The highest BCUT2D eigenvalue weighted by atomic mass is 35.5. The zero-order chi connectivity index (χ0) is 22.4. The van der Waals surface area contributed by atoms with Crippen LogP contribution in [0.2, 0.25) is 5.02 Å². The van der Waals surface area contributed by atoms with Crippen LogP contribution >= 0.6 is 11.6 Å². The van der Waals surface area contributed by atoms with Gasteiger partial charge in [-0.1, -0.05) is 35.0 Å². The van der Waals surface area contributed by atoms with E-state index < -0.39 is 0 Å². The lowest BCUT2D eigenvalue weighted by Crippen LogP contribution is -2.13. The summed E-state index contributed by atoms with van der Waals surface area (Å²) in [7, 11) is 0. The van der Waals surface area contributed by atoms with E-state index in [0.29, 0.717) is 39.6 Å². The Balaban J connectivity index is 1.45. The van der Waals surface area contributed by atoms with Gasteiger partial charge < -0.3 is 9.84 Å². The van der Waals surface area contributed by atoms with Gasteiger partial charge in [0, 0.05) is 28.4 Å². The van der Waals surface area contributed by atoms with Gasteiger partial charge in [-0.2, -0.15) is 10.1 Å². The summed E-state index contributed by atoms with van der Waals surface area (Å²) in [6.45, 7) is 5.68. The molecule has 0 bridgehead atoms. The zero-order valence-corrected chi connectivity index (χ0v) is 18.8. The molecule has 1 fully saturated rings. The number of nitrogens with zero attached hydrogens (tertiary/aromatic N) is 4. The molecular formula is C24H22ClN5O2. The van der Waals surface area contributed by atoms with Gasteiger partial charge in [-0.3, -0.25) is 4.79 Å². The average Bonchev–Trinajstić information content (AvgIpc) is 3.37. The van der Waals surface area contributed by atoms with Crippen molar-refractivity contribution in [2.45, 2.75) is 39.5 Å². The van der Waals surface area contributed by atoms with Crippen molar-refractivity contribution in [2.75, 3.05) is 5.32 Å². The van der Waals surface area contributed by atoms with Crippen LogP contribution < -0.4 is 5.32 Å². The summed E-state index contributed by atoms with van der Waals surface area (Å²) in [6, 6.07) is 11.3. The van der Waals surface area contributed by atoms with Gasteiger partial charge in [0.25, 0.3) is 5.91 Å². The van der Waals surface area contributed by atoms with Crippen molar-refractivity contribution in [2.24, 2.45) is 0 Å². The maximum atomic E-state index is 12.9. The highest BCUT2D eigenvalue weighted by molar-refractivity contribution is 6.31. The molecule has 0 unspecified atom stereocenters. The molecule has 162 valence electrons. The van der Waals surface area contributed by atoms with Crippen LogP contribution in [0.15, 0.2) is 47.1 Å². The second kappa shape index (κ2) is 7.91. The molecule has 5 rings (SSSR count). The molecule has 7 nitrogen and oxygen atoms in total. The molecule has 1 saturated carbocycles. The van der Waals surface area contributed by atoms with E-state index in [1.807, 2.05) is 51.1 Å². The molecule has 1 amide bonds. The van der Waals surface area contributed by atoms with Crippen LogP contribution in [-0.4, -0.2) is 25.8 Å². The number of halogens is 1. The number of nitrogens with one attached hydrogen (secondary N) is 1. The maximum Gasteiger partial charge on any atom is 0.259 e. The van der Waals surface area contributed by atoms with Gasteiger partial charge in [-0.15, -0.1) is 0 Å². The summed E-state index contributed by atoms with van der Waals surface area (Å²) < 4.78 is 7.12. The predicted octanol–water partition coefficient (Wildman–Crippen LogP) is 5.63. The number of hydrogen-bond acceptors (Lipinski definition) is 5. The van der Waals surface area contributed by atoms with E-state index in [-0.39, 0.29) is 5.91 Å². The number of aryl methyl sites for hydroxylation is 2. The number of anilines is 1. The highest BCUT2D eigenvalue weighted by Gasteiger charge is 2.30.